The third-order valence-electron chi connectivity index (χ3n) is 4.02. The summed E-state index contributed by atoms with van der Waals surface area (Å²) in [5.74, 6) is -0.375. The number of hydrogen-bond acceptors (Lipinski definition) is 3. The fourth-order valence-corrected chi connectivity index (χ4v) is 2.85. The van der Waals surface area contributed by atoms with Gasteiger partial charge in [0.1, 0.15) is 11.6 Å². The zero-order valence-corrected chi connectivity index (χ0v) is 11.7. The van der Waals surface area contributed by atoms with Crippen LogP contribution in [0.2, 0.25) is 0 Å². The Morgan fingerprint density at radius 3 is 3.00 bits per heavy atom. The maximum atomic E-state index is 13.0. The van der Waals surface area contributed by atoms with E-state index in [1.807, 2.05) is 6.92 Å². The lowest BCUT2D eigenvalue weighted by Gasteiger charge is -2.25. The lowest BCUT2D eigenvalue weighted by atomic mass is 10.1. The maximum Gasteiger partial charge on any atom is 0.126 e. The normalized spacial score (nSPS) is 21.7. The molecule has 1 aromatic rings. The van der Waals surface area contributed by atoms with Crippen molar-refractivity contribution in [2.75, 3.05) is 19.6 Å². The summed E-state index contributed by atoms with van der Waals surface area (Å²) in [6, 6.07) is 4.81. The summed E-state index contributed by atoms with van der Waals surface area (Å²) in [5, 5.41) is 13.2. The first kappa shape index (κ1) is 14.3. The number of likely N-dealkylation sites (tertiary alicyclic amines) is 1. The average Bonchev–Trinajstić information content (AvgIpc) is 2.83. The fourth-order valence-electron chi connectivity index (χ4n) is 2.85. The first-order valence-electron chi connectivity index (χ1n) is 7.07. The molecular formula is C15H23FN2O. The molecule has 1 saturated heterocycles. The Morgan fingerprint density at radius 1 is 1.53 bits per heavy atom. The summed E-state index contributed by atoms with van der Waals surface area (Å²) in [4.78, 5) is 2.48. The van der Waals surface area contributed by atoms with Gasteiger partial charge in [0.25, 0.3) is 0 Å². The van der Waals surface area contributed by atoms with Crippen LogP contribution in [-0.2, 0) is 0 Å². The Labute approximate surface area is 114 Å². The van der Waals surface area contributed by atoms with Gasteiger partial charge in [0.2, 0.25) is 0 Å². The number of phenolic OH excluding ortho intramolecular Hbond substituents is 1. The number of hydrogen-bond donors (Lipinski definition) is 2. The van der Waals surface area contributed by atoms with Gasteiger partial charge in [-0.25, -0.2) is 4.39 Å². The number of aromatic hydroxyl groups is 1. The van der Waals surface area contributed by atoms with Crippen molar-refractivity contribution in [1.82, 2.24) is 10.2 Å². The van der Waals surface area contributed by atoms with Crippen molar-refractivity contribution in [2.45, 2.75) is 38.8 Å². The molecule has 0 amide bonds. The van der Waals surface area contributed by atoms with Gasteiger partial charge < -0.3 is 10.4 Å². The zero-order valence-electron chi connectivity index (χ0n) is 11.7. The number of halogens is 1. The molecule has 1 aliphatic rings. The smallest absolute Gasteiger partial charge is 0.126 e. The van der Waals surface area contributed by atoms with Crippen LogP contribution in [0.25, 0.3) is 0 Å². The molecule has 1 heterocycles. The summed E-state index contributed by atoms with van der Waals surface area (Å²) in [5.41, 5.74) is 0.752. The molecule has 1 fully saturated rings. The van der Waals surface area contributed by atoms with E-state index in [1.165, 1.54) is 31.5 Å². The van der Waals surface area contributed by atoms with Crippen LogP contribution in [0.15, 0.2) is 18.2 Å². The van der Waals surface area contributed by atoms with Gasteiger partial charge in [0.15, 0.2) is 0 Å². The minimum atomic E-state index is -0.401. The Morgan fingerprint density at radius 2 is 2.32 bits per heavy atom. The molecule has 1 aliphatic heterocycles. The van der Waals surface area contributed by atoms with E-state index in [0.29, 0.717) is 6.04 Å². The summed E-state index contributed by atoms with van der Waals surface area (Å²) >= 11 is 0. The van der Waals surface area contributed by atoms with Crippen LogP contribution < -0.4 is 5.32 Å². The topological polar surface area (TPSA) is 35.5 Å². The molecule has 3 nitrogen and oxygen atoms in total. The molecule has 0 aromatic heterocycles. The largest absolute Gasteiger partial charge is 0.508 e. The number of benzene rings is 1. The van der Waals surface area contributed by atoms with Crippen molar-refractivity contribution < 1.29 is 9.50 Å². The van der Waals surface area contributed by atoms with Gasteiger partial charge in [-0.2, -0.15) is 0 Å². The molecule has 2 unspecified atom stereocenters. The first-order chi connectivity index (χ1) is 9.11. The molecule has 106 valence electrons. The highest BCUT2D eigenvalue weighted by Crippen LogP contribution is 2.25. The molecule has 0 aliphatic carbocycles. The lowest BCUT2D eigenvalue weighted by molar-refractivity contribution is 0.255. The Balaban J connectivity index is 1.92. The third-order valence-corrected chi connectivity index (χ3v) is 4.02. The van der Waals surface area contributed by atoms with Crippen LogP contribution in [0.3, 0.4) is 0 Å². The Hall–Kier alpha value is -1.13. The summed E-state index contributed by atoms with van der Waals surface area (Å²) in [6.45, 7) is 7.36. The van der Waals surface area contributed by atoms with Gasteiger partial charge >= 0.3 is 0 Å². The SMILES string of the molecule is CCN1CCCC1CNC(C)c1ccc(F)cc1O. The minimum absolute atomic E-state index is 0.0266. The second kappa shape index (κ2) is 6.35. The molecule has 2 atom stereocenters. The standard InChI is InChI=1S/C15H23FN2O/c1-3-18-8-4-5-13(18)10-17-11(2)14-7-6-12(16)9-15(14)19/h6-7,9,11,13,17,19H,3-5,8,10H2,1-2H3. The van der Waals surface area contributed by atoms with Crippen LogP contribution in [0.4, 0.5) is 4.39 Å². The molecule has 0 bridgehead atoms. The monoisotopic (exact) mass is 266 g/mol. The van der Waals surface area contributed by atoms with Gasteiger partial charge in [-0.15, -0.1) is 0 Å². The van der Waals surface area contributed by atoms with Crippen molar-refractivity contribution >= 4 is 0 Å². The molecular weight excluding hydrogens is 243 g/mol. The Bertz CT molecular complexity index is 425. The van der Waals surface area contributed by atoms with Gasteiger partial charge in [0.05, 0.1) is 0 Å². The van der Waals surface area contributed by atoms with Crippen molar-refractivity contribution in [3.8, 4) is 5.75 Å². The van der Waals surface area contributed by atoms with Gasteiger partial charge in [-0.3, -0.25) is 4.90 Å². The summed E-state index contributed by atoms with van der Waals surface area (Å²) in [6.07, 6.45) is 2.49. The van der Waals surface area contributed by atoms with Crippen LogP contribution in [0.1, 0.15) is 38.3 Å². The number of rotatable bonds is 5. The average molecular weight is 266 g/mol. The lowest BCUT2D eigenvalue weighted by Crippen LogP contribution is -2.38. The van der Waals surface area contributed by atoms with Crippen molar-refractivity contribution in [3.63, 3.8) is 0 Å². The van der Waals surface area contributed by atoms with E-state index in [1.54, 1.807) is 6.07 Å². The molecule has 0 spiro atoms. The molecule has 4 heteroatoms. The maximum absolute atomic E-state index is 13.0. The second-order valence-electron chi connectivity index (χ2n) is 5.26. The third kappa shape index (κ3) is 3.45. The van der Waals surface area contributed by atoms with E-state index in [4.69, 9.17) is 0 Å². The Kier molecular flexibility index (Phi) is 4.77. The van der Waals surface area contributed by atoms with Crippen LogP contribution in [0, 0.1) is 5.82 Å². The second-order valence-corrected chi connectivity index (χ2v) is 5.26. The molecule has 0 radical (unpaired) electrons. The summed E-state index contributed by atoms with van der Waals surface area (Å²) < 4.78 is 13.0. The van der Waals surface area contributed by atoms with Crippen molar-refractivity contribution in [3.05, 3.63) is 29.6 Å². The number of phenols is 1. The highest BCUT2D eigenvalue weighted by atomic mass is 19.1. The predicted octanol–water partition coefficient (Wildman–Crippen LogP) is 2.67. The number of nitrogens with zero attached hydrogens (tertiary/aromatic N) is 1. The van der Waals surface area contributed by atoms with E-state index in [9.17, 15) is 9.50 Å². The predicted molar refractivity (Wildman–Crippen MR) is 74.8 cm³/mol. The van der Waals surface area contributed by atoms with Gasteiger partial charge in [-0.05, 0) is 38.9 Å². The van der Waals surface area contributed by atoms with E-state index < -0.39 is 5.82 Å². The molecule has 1 aromatic carbocycles. The molecule has 2 rings (SSSR count). The fraction of sp³-hybridized carbons (Fsp3) is 0.600. The molecule has 0 saturated carbocycles. The summed E-state index contributed by atoms with van der Waals surface area (Å²) in [7, 11) is 0. The van der Waals surface area contributed by atoms with E-state index in [0.717, 1.165) is 18.7 Å². The van der Waals surface area contributed by atoms with Crippen molar-refractivity contribution in [1.29, 1.82) is 0 Å². The van der Waals surface area contributed by atoms with Crippen molar-refractivity contribution in [2.24, 2.45) is 0 Å². The zero-order chi connectivity index (χ0) is 13.8. The number of likely N-dealkylation sites (N-methyl/N-ethyl adjacent to an activating group) is 1. The van der Waals surface area contributed by atoms with Gasteiger partial charge in [0, 0.05) is 30.3 Å². The van der Waals surface area contributed by atoms with E-state index in [2.05, 4.69) is 17.1 Å². The van der Waals surface area contributed by atoms with E-state index in [-0.39, 0.29) is 11.8 Å². The van der Waals surface area contributed by atoms with Crippen LogP contribution >= 0.6 is 0 Å². The molecule has 19 heavy (non-hydrogen) atoms. The molecule has 2 N–H and O–H groups in total. The quantitative estimate of drug-likeness (QED) is 0.860. The van der Waals surface area contributed by atoms with E-state index >= 15 is 0 Å². The highest BCUT2D eigenvalue weighted by molar-refractivity contribution is 5.34. The number of nitrogens with one attached hydrogen (secondary N) is 1. The van der Waals surface area contributed by atoms with Crippen LogP contribution in [0.5, 0.6) is 5.75 Å². The minimum Gasteiger partial charge on any atom is -0.508 e. The highest BCUT2D eigenvalue weighted by Gasteiger charge is 2.23. The first-order valence-corrected chi connectivity index (χ1v) is 7.07. The van der Waals surface area contributed by atoms with Crippen LogP contribution in [-0.4, -0.2) is 35.7 Å². The van der Waals surface area contributed by atoms with Gasteiger partial charge in [-0.1, -0.05) is 13.0 Å².